The van der Waals surface area contributed by atoms with Crippen LogP contribution < -0.4 is 5.32 Å². The maximum absolute atomic E-state index is 12.0. The molecule has 8 heteroatoms. The molecule has 1 aliphatic rings. The van der Waals surface area contributed by atoms with Crippen LogP contribution in [0.1, 0.15) is 33.1 Å². The van der Waals surface area contributed by atoms with Crippen LogP contribution >= 0.6 is 0 Å². The third kappa shape index (κ3) is 5.09. The lowest BCUT2D eigenvalue weighted by molar-refractivity contribution is -0.151. The van der Waals surface area contributed by atoms with Gasteiger partial charge in [0.25, 0.3) is 0 Å². The number of nitrogens with zero attached hydrogens (tertiary/aromatic N) is 1. The number of urea groups is 1. The SMILES string of the molecule is CC(C)(C(=O)O)C1CCCN(C(=O)NCCC(F)(F)F)C1. The quantitative estimate of drug-likeness (QED) is 0.838. The van der Waals surface area contributed by atoms with Gasteiger partial charge in [0.05, 0.1) is 11.8 Å². The molecule has 2 amide bonds. The number of amides is 2. The van der Waals surface area contributed by atoms with Gasteiger partial charge in [0, 0.05) is 19.6 Å². The first-order chi connectivity index (χ1) is 9.54. The van der Waals surface area contributed by atoms with Gasteiger partial charge in [-0.1, -0.05) is 0 Å². The van der Waals surface area contributed by atoms with E-state index in [1.807, 2.05) is 0 Å². The fourth-order valence-electron chi connectivity index (χ4n) is 2.35. The maximum Gasteiger partial charge on any atom is 0.390 e. The molecule has 1 aliphatic heterocycles. The van der Waals surface area contributed by atoms with Gasteiger partial charge in [-0.3, -0.25) is 4.79 Å². The summed E-state index contributed by atoms with van der Waals surface area (Å²) in [6.45, 7) is 3.42. The predicted octanol–water partition coefficient (Wildman–Crippen LogP) is 2.47. The normalized spacial score (nSPS) is 20.2. The van der Waals surface area contributed by atoms with Gasteiger partial charge < -0.3 is 15.3 Å². The summed E-state index contributed by atoms with van der Waals surface area (Å²) in [6.07, 6.45) is -4.04. The van der Waals surface area contributed by atoms with Crippen LogP contribution in [0.5, 0.6) is 0 Å². The maximum atomic E-state index is 12.0. The van der Waals surface area contributed by atoms with E-state index in [-0.39, 0.29) is 12.5 Å². The lowest BCUT2D eigenvalue weighted by Gasteiger charge is -2.39. The molecule has 0 aromatic carbocycles. The van der Waals surface area contributed by atoms with Crippen molar-refractivity contribution in [1.82, 2.24) is 10.2 Å². The van der Waals surface area contributed by atoms with Crippen molar-refractivity contribution in [3.63, 3.8) is 0 Å². The Morgan fingerprint density at radius 3 is 2.48 bits per heavy atom. The van der Waals surface area contributed by atoms with Crippen LogP contribution in [0.25, 0.3) is 0 Å². The summed E-state index contributed by atoms with van der Waals surface area (Å²) < 4.78 is 36.1. The number of alkyl halides is 3. The highest BCUT2D eigenvalue weighted by atomic mass is 19.4. The lowest BCUT2D eigenvalue weighted by Crippen LogP contribution is -2.50. The molecule has 1 saturated heterocycles. The zero-order chi connectivity index (χ0) is 16.3. The summed E-state index contributed by atoms with van der Waals surface area (Å²) in [5.41, 5.74) is -0.967. The third-order valence-electron chi connectivity index (χ3n) is 3.97. The number of carbonyl (C=O) groups is 2. The monoisotopic (exact) mass is 310 g/mol. The second-order valence-electron chi connectivity index (χ2n) is 5.91. The van der Waals surface area contributed by atoms with Crippen molar-refractivity contribution >= 4 is 12.0 Å². The van der Waals surface area contributed by atoms with Crippen LogP contribution in [-0.4, -0.2) is 47.8 Å². The number of halogens is 3. The number of piperidine rings is 1. The fourth-order valence-corrected chi connectivity index (χ4v) is 2.35. The summed E-state index contributed by atoms with van der Waals surface area (Å²) in [5.74, 6) is -1.15. The Kier molecular flexibility index (Phi) is 5.47. The second kappa shape index (κ2) is 6.53. The lowest BCUT2D eigenvalue weighted by atomic mass is 9.74. The van der Waals surface area contributed by atoms with Gasteiger partial charge in [0.1, 0.15) is 0 Å². The van der Waals surface area contributed by atoms with Crippen LogP contribution in [-0.2, 0) is 4.79 Å². The molecule has 1 heterocycles. The van der Waals surface area contributed by atoms with Gasteiger partial charge in [-0.25, -0.2) is 4.79 Å². The Balaban J connectivity index is 2.52. The number of hydrogen-bond acceptors (Lipinski definition) is 2. The van der Waals surface area contributed by atoms with E-state index in [0.717, 1.165) is 0 Å². The number of nitrogens with one attached hydrogen (secondary N) is 1. The van der Waals surface area contributed by atoms with Crippen LogP contribution in [0.4, 0.5) is 18.0 Å². The minimum Gasteiger partial charge on any atom is -0.481 e. The Bertz CT molecular complexity index is 397. The zero-order valence-electron chi connectivity index (χ0n) is 12.2. The topological polar surface area (TPSA) is 69.6 Å². The van der Waals surface area contributed by atoms with E-state index in [0.29, 0.717) is 19.4 Å². The van der Waals surface area contributed by atoms with Gasteiger partial charge in [-0.15, -0.1) is 0 Å². The number of carboxylic acid groups (broad SMARTS) is 1. The Morgan fingerprint density at radius 1 is 1.33 bits per heavy atom. The van der Waals surface area contributed by atoms with E-state index in [4.69, 9.17) is 0 Å². The molecule has 5 nitrogen and oxygen atoms in total. The van der Waals surface area contributed by atoms with Gasteiger partial charge >= 0.3 is 18.2 Å². The molecule has 1 unspecified atom stereocenters. The smallest absolute Gasteiger partial charge is 0.390 e. The first kappa shape index (κ1) is 17.6. The number of carboxylic acids is 1. The third-order valence-corrected chi connectivity index (χ3v) is 3.97. The Hall–Kier alpha value is -1.47. The van der Waals surface area contributed by atoms with E-state index in [1.165, 1.54) is 4.90 Å². The number of carbonyl (C=O) groups excluding carboxylic acids is 1. The van der Waals surface area contributed by atoms with Crippen molar-refractivity contribution in [3.8, 4) is 0 Å². The highest BCUT2D eigenvalue weighted by molar-refractivity contribution is 5.76. The molecule has 0 radical (unpaired) electrons. The molecule has 0 aromatic rings. The van der Waals surface area contributed by atoms with Crippen molar-refractivity contribution < 1.29 is 27.9 Å². The van der Waals surface area contributed by atoms with Crippen LogP contribution in [0.2, 0.25) is 0 Å². The molecular formula is C13H21F3N2O3. The van der Waals surface area contributed by atoms with Gasteiger partial charge in [0.2, 0.25) is 0 Å². The molecule has 0 bridgehead atoms. The first-order valence-corrected chi connectivity index (χ1v) is 6.87. The molecule has 1 atom stereocenters. The van der Waals surface area contributed by atoms with Crippen LogP contribution in [0, 0.1) is 11.3 Å². The van der Waals surface area contributed by atoms with Crippen molar-refractivity contribution in [1.29, 1.82) is 0 Å². The van der Waals surface area contributed by atoms with Crippen molar-refractivity contribution in [2.24, 2.45) is 11.3 Å². The van der Waals surface area contributed by atoms with Crippen LogP contribution in [0.15, 0.2) is 0 Å². The first-order valence-electron chi connectivity index (χ1n) is 6.87. The Labute approximate surface area is 121 Å². The summed E-state index contributed by atoms with van der Waals surface area (Å²) in [6, 6.07) is -0.565. The molecule has 2 N–H and O–H groups in total. The summed E-state index contributed by atoms with van der Waals surface area (Å²) in [4.78, 5) is 24.5. The molecule has 1 fully saturated rings. The zero-order valence-corrected chi connectivity index (χ0v) is 12.2. The molecule has 122 valence electrons. The van der Waals surface area contributed by atoms with Gasteiger partial charge in [0.15, 0.2) is 0 Å². The van der Waals surface area contributed by atoms with E-state index in [2.05, 4.69) is 5.32 Å². The molecule has 0 saturated carbocycles. The number of hydrogen-bond donors (Lipinski definition) is 2. The Morgan fingerprint density at radius 2 is 1.95 bits per heavy atom. The summed E-state index contributed by atoms with van der Waals surface area (Å²) >= 11 is 0. The van der Waals surface area contributed by atoms with Crippen LogP contribution in [0.3, 0.4) is 0 Å². The minimum absolute atomic E-state index is 0.211. The second-order valence-corrected chi connectivity index (χ2v) is 5.91. The number of aliphatic carboxylic acids is 1. The van der Waals surface area contributed by atoms with Gasteiger partial charge in [-0.05, 0) is 32.6 Å². The van der Waals surface area contributed by atoms with Crippen molar-refractivity contribution in [3.05, 3.63) is 0 Å². The molecule has 21 heavy (non-hydrogen) atoms. The highest BCUT2D eigenvalue weighted by Crippen LogP contribution is 2.34. The van der Waals surface area contributed by atoms with Crippen molar-refractivity contribution in [2.45, 2.75) is 39.3 Å². The summed E-state index contributed by atoms with van der Waals surface area (Å²) in [7, 11) is 0. The van der Waals surface area contributed by atoms with E-state index < -0.39 is 36.6 Å². The fraction of sp³-hybridized carbons (Fsp3) is 0.846. The summed E-state index contributed by atoms with van der Waals surface area (Å²) in [5, 5.41) is 11.4. The average Bonchev–Trinajstić information content (AvgIpc) is 2.37. The largest absolute Gasteiger partial charge is 0.481 e. The van der Waals surface area contributed by atoms with Gasteiger partial charge in [-0.2, -0.15) is 13.2 Å². The van der Waals surface area contributed by atoms with E-state index in [9.17, 15) is 27.9 Å². The standard InChI is InChI=1S/C13H21F3N2O3/c1-12(2,10(19)20)9-4-3-7-18(8-9)11(21)17-6-5-13(14,15)16/h9H,3-8H2,1-2H3,(H,17,21)(H,19,20). The number of likely N-dealkylation sites (tertiary alicyclic amines) is 1. The number of rotatable bonds is 4. The molecule has 0 spiro atoms. The molecule has 1 rings (SSSR count). The molecular weight excluding hydrogens is 289 g/mol. The highest BCUT2D eigenvalue weighted by Gasteiger charge is 2.40. The average molecular weight is 310 g/mol. The van der Waals surface area contributed by atoms with E-state index >= 15 is 0 Å². The van der Waals surface area contributed by atoms with Crippen molar-refractivity contribution in [2.75, 3.05) is 19.6 Å². The van der Waals surface area contributed by atoms with E-state index in [1.54, 1.807) is 13.8 Å². The molecule has 0 aromatic heterocycles. The predicted molar refractivity (Wildman–Crippen MR) is 69.8 cm³/mol. The minimum atomic E-state index is -4.30. The molecule has 0 aliphatic carbocycles.